The highest BCUT2D eigenvalue weighted by Gasteiger charge is 2.28. The summed E-state index contributed by atoms with van der Waals surface area (Å²) in [6.07, 6.45) is 3.47. The first kappa shape index (κ1) is 13.9. The number of aromatic amines is 1. The second kappa shape index (κ2) is 5.72. The number of carbonyl (C=O) groups excluding carboxylic acids is 1. The summed E-state index contributed by atoms with van der Waals surface area (Å²) in [5, 5.41) is 7.74. The Labute approximate surface area is 124 Å². The van der Waals surface area contributed by atoms with E-state index in [9.17, 15) is 9.59 Å². The number of aromatic nitrogens is 4. The summed E-state index contributed by atoms with van der Waals surface area (Å²) in [5.74, 6) is -0.392. The van der Waals surface area contributed by atoms with Crippen LogP contribution in [0.5, 0.6) is 0 Å². The molecule has 2 aromatic rings. The Morgan fingerprint density at radius 2 is 2.33 bits per heavy atom. The van der Waals surface area contributed by atoms with Gasteiger partial charge in [-0.3, -0.25) is 4.57 Å². The van der Waals surface area contributed by atoms with Crippen molar-refractivity contribution in [3.05, 3.63) is 34.4 Å². The highest BCUT2D eigenvalue weighted by atomic mass is 32.2. The fourth-order valence-corrected chi connectivity index (χ4v) is 2.74. The van der Waals surface area contributed by atoms with Crippen molar-refractivity contribution in [1.82, 2.24) is 19.7 Å². The van der Waals surface area contributed by atoms with E-state index in [0.29, 0.717) is 22.4 Å². The van der Waals surface area contributed by atoms with Crippen LogP contribution in [0.3, 0.4) is 0 Å². The van der Waals surface area contributed by atoms with E-state index in [1.165, 1.54) is 18.0 Å². The summed E-state index contributed by atoms with van der Waals surface area (Å²) in [5.41, 5.74) is 0.214. The Balaban J connectivity index is 1.76. The molecule has 0 spiro atoms. The number of pyridine rings is 1. The Hall–Kier alpha value is -2.09. The van der Waals surface area contributed by atoms with E-state index in [2.05, 4.69) is 15.2 Å². The zero-order valence-corrected chi connectivity index (χ0v) is 12.2. The minimum absolute atomic E-state index is 0.192. The molecule has 0 saturated heterocycles. The van der Waals surface area contributed by atoms with Gasteiger partial charge in [-0.25, -0.2) is 19.7 Å². The summed E-state index contributed by atoms with van der Waals surface area (Å²) in [6, 6.07) is 3.62. The van der Waals surface area contributed by atoms with Gasteiger partial charge in [0.25, 0.3) is 0 Å². The van der Waals surface area contributed by atoms with Gasteiger partial charge in [0.1, 0.15) is 5.03 Å². The Morgan fingerprint density at radius 3 is 2.95 bits per heavy atom. The maximum Gasteiger partial charge on any atom is 0.344 e. The number of ether oxygens (including phenoxy) is 1. The molecule has 0 atom stereocenters. The third-order valence-corrected chi connectivity index (χ3v) is 3.95. The zero-order chi connectivity index (χ0) is 14.8. The van der Waals surface area contributed by atoms with Gasteiger partial charge in [0, 0.05) is 12.2 Å². The number of H-pyrrole nitrogens is 1. The van der Waals surface area contributed by atoms with E-state index in [1.54, 1.807) is 23.6 Å². The van der Waals surface area contributed by atoms with Crippen LogP contribution in [0.1, 0.15) is 36.2 Å². The molecule has 0 aliphatic heterocycles. The first-order valence-corrected chi connectivity index (χ1v) is 7.48. The zero-order valence-electron chi connectivity index (χ0n) is 11.4. The quantitative estimate of drug-likeness (QED) is 0.844. The van der Waals surface area contributed by atoms with Crippen LogP contribution in [0.25, 0.3) is 0 Å². The molecule has 1 saturated carbocycles. The van der Waals surface area contributed by atoms with Crippen molar-refractivity contribution in [3.8, 4) is 0 Å². The number of hydrogen-bond donors (Lipinski definition) is 1. The maximum atomic E-state index is 11.7. The highest BCUT2D eigenvalue weighted by molar-refractivity contribution is 7.99. The standard InChI is InChI=1S/C13H14N4O3S/c1-2-20-11(18)8-3-6-10(14-7-8)21-13-16-15-12(19)17(13)9-4-5-9/h3,6-7,9H,2,4-5H2,1H3,(H,15,19). The van der Waals surface area contributed by atoms with Gasteiger partial charge >= 0.3 is 11.7 Å². The molecule has 2 aromatic heterocycles. The largest absolute Gasteiger partial charge is 0.462 e. The molecule has 0 amide bonds. The lowest BCUT2D eigenvalue weighted by molar-refractivity contribution is 0.0525. The van der Waals surface area contributed by atoms with E-state index in [4.69, 9.17) is 4.74 Å². The molecule has 21 heavy (non-hydrogen) atoms. The molecule has 2 heterocycles. The summed E-state index contributed by atoms with van der Waals surface area (Å²) in [4.78, 5) is 27.4. The summed E-state index contributed by atoms with van der Waals surface area (Å²) < 4.78 is 6.56. The summed E-state index contributed by atoms with van der Waals surface area (Å²) >= 11 is 1.29. The van der Waals surface area contributed by atoms with Crippen LogP contribution in [-0.4, -0.2) is 32.3 Å². The third-order valence-electron chi connectivity index (χ3n) is 3.03. The van der Waals surface area contributed by atoms with Gasteiger partial charge in [-0.15, -0.1) is 5.10 Å². The molecule has 1 aliphatic rings. The Kier molecular flexibility index (Phi) is 3.78. The fraction of sp³-hybridized carbons (Fsp3) is 0.385. The number of nitrogens with zero attached hydrogens (tertiary/aromatic N) is 3. The molecule has 110 valence electrons. The van der Waals surface area contributed by atoms with Crippen LogP contribution < -0.4 is 5.69 Å². The van der Waals surface area contributed by atoms with Crippen molar-refractivity contribution in [2.45, 2.75) is 36.0 Å². The van der Waals surface area contributed by atoms with E-state index in [0.717, 1.165) is 12.8 Å². The monoisotopic (exact) mass is 306 g/mol. The lowest BCUT2D eigenvalue weighted by atomic mass is 10.3. The fourth-order valence-electron chi connectivity index (χ4n) is 1.89. The Morgan fingerprint density at radius 1 is 1.52 bits per heavy atom. The smallest absolute Gasteiger partial charge is 0.344 e. The van der Waals surface area contributed by atoms with Crippen molar-refractivity contribution in [2.75, 3.05) is 6.61 Å². The normalized spacial score (nSPS) is 14.1. The van der Waals surface area contributed by atoms with E-state index in [-0.39, 0.29) is 11.7 Å². The molecule has 1 N–H and O–H groups in total. The van der Waals surface area contributed by atoms with Crippen LogP contribution >= 0.6 is 11.8 Å². The van der Waals surface area contributed by atoms with Crippen molar-refractivity contribution in [2.24, 2.45) is 0 Å². The van der Waals surface area contributed by atoms with E-state index < -0.39 is 5.97 Å². The molecule has 3 rings (SSSR count). The van der Waals surface area contributed by atoms with Crippen LogP contribution in [0.15, 0.2) is 33.3 Å². The van der Waals surface area contributed by atoms with Gasteiger partial charge in [0.05, 0.1) is 12.2 Å². The molecule has 0 aromatic carbocycles. The van der Waals surface area contributed by atoms with Crippen LogP contribution in [-0.2, 0) is 4.74 Å². The average Bonchev–Trinajstić information content (AvgIpc) is 3.25. The van der Waals surface area contributed by atoms with Gasteiger partial charge in [-0.2, -0.15) is 0 Å². The predicted octanol–water partition coefficient (Wildman–Crippen LogP) is 1.63. The molecule has 0 radical (unpaired) electrons. The number of nitrogens with one attached hydrogen (secondary N) is 1. The minimum atomic E-state index is -0.392. The first-order valence-electron chi connectivity index (χ1n) is 6.67. The van der Waals surface area contributed by atoms with Crippen LogP contribution in [0, 0.1) is 0 Å². The molecule has 0 bridgehead atoms. The SMILES string of the molecule is CCOC(=O)c1ccc(Sc2n[nH]c(=O)n2C2CC2)nc1. The number of hydrogen-bond acceptors (Lipinski definition) is 6. The van der Waals surface area contributed by atoms with E-state index in [1.807, 2.05) is 0 Å². The van der Waals surface area contributed by atoms with Crippen molar-refractivity contribution >= 4 is 17.7 Å². The van der Waals surface area contributed by atoms with Gasteiger partial charge in [-0.05, 0) is 43.7 Å². The molecule has 7 nitrogen and oxygen atoms in total. The van der Waals surface area contributed by atoms with Gasteiger partial charge in [-0.1, -0.05) is 0 Å². The summed E-state index contributed by atoms with van der Waals surface area (Å²) in [6.45, 7) is 2.08. The number of carbonyl (C=O) groups is 1. The third kappa shape index (κ3) is 2.99. The Bertz CT molecular complexity index is 703. The first-order chi connectivity index (χ1) is 10.2. The van der Waals surface area contributed by atoms with Crippen molar-refractivity contribution < 1.29 is 9.53 Å². The second-order valence-corrected chi connectivity index (χ2v) is 5.61. The molecular formula is C13H14N4O3S. The number of rotatable bonds is 5. The van der Waals surface area contributed by atoms with Gasteiger partial charge < -0.3 is 4.74 Å². The average molecular weight is 306 g/mol. The van der Waals surface area contributed by atoms with Gasteiger partial charge in [0.15, 0.2) is 5.16 Å². The molecule has 1 aliphatic carbocycles. The van der Waals surface area contributed by atoms with Gasteiger partial charge in [0.2, 0.25) is 0 Å². The molecule has 0 unspecified atom stereocenters. The molecule has 8 heteroatoms. The highest BCUT2D eigenvalue weighted by Crippen LogP contribution is 2.37. The summed E-state index contributed by atoms with van der Waals surface area (Å²) in [7, 11) is 0. The van der Waals surface area contributed by atoms with Crippen molar-refractivity contribution in [1.29, 1.82) is 0 Å². The lowest BCUT2D eigenvalue weighted by Gasteiger charge is -2.04. The van der Waals surface area contributed by atoms with Crippen molar-refractivity contribution in [3.63, 3.8) is 0 Å². The molecule has 1 fully saturated rings. The minimum Gasteiger partial charge on any atom is -0.462 e. The lowest BCUT2D eigenvalue weighted by Crippen LogP contribution is -2.16. The van der Waals surface area contributed by atoms with E-state index >= 15 is 0 Å². The van der Waals surface area contributed by atoms with Crippen LogP contribution in [0.2, 0.25) is 0 Å². The second-order valence-electron chi connectivity index (χ2n) is 4.62. The van der Waals surface area contributed by atoms with Crippen LogP contribution in [0.4, 0.5) is 0 Å². The maximum absolute atomic E-state index is 11.7. The number of esters is 1. The predicted molar refractivity (Wildman–Crippen MR) is 75.4 cm³/mol. The topological polar surface area (TPSA) is 89.9 Å². The molecular weight excluding hydrogens is 292 g/mol.